The van der Waals surface area contributed by atoms with E-state index >= 15 is 0 Å². The molecule has 15 nitrogen and oxygen atoms in total. The van der Waals surface area contributed by atoms with Crippen molar-refractivity contribution in [3.63, 3.8) is 0 Å². The molecule has 0 aromatic rings. The zero-order chi connectivity index (χ0) is 16.3. The third-order valence-corrected chi connectivity index (χ3v) is 0. The fourth-order valence-corrected chi connectivity index (χ4v) is 0. The first-order valence-corrected chi connectivity index (χ1v) is 12.8. The van der Waals surface area contributed by atoms with E-state index in [9.17, 15) is 0 Å². The number of hydrogen-bond acceptors (Lipinski definition) is 15. The molecular formula is Bi2O15Ru3. The maximum atomic E-state index is 8.64. The predicted octanol–water partition coefficient (Wildman–Crippen LogP) is -8.97. The van der Waals surface area contributed by atoms with Crippen molar-refractivity contribution in [2.24, 2.45) is 0 Å². The molecule has 0 unspecified atom stereocenters. The van der Waals surface area contributed by atoms with Crippen LogP contribution in [0.25, 0.3) is 0 Å². The van der Waals surface area contributed by atoms with Gasteiger partial charge in [0.2, 0.25) is 0 Å². The second-order valence-corrected chi connectivity index (χ2v) is 10.5. The summed E-state index contributed by atoms with van der Waals surface area (Å²) >= 11 is -23.2. The molecule has 0 bridgehead atoms. The van der Waals surface area contributed by atoms with Crippen molar-refractivity contribution in [1.82, 2.24) is 0 Å². The Hall–Kier alpha value is 1.60. The number of hydrogen-bond donors (Lipinski definition) is 0. The molecule has 0 saturated heterocycles. The van der Waals surface area contributed by atoms with Crippen LogP contribution in [0.4, 0.5) is 0 Å². The SMILES string of the molecule is [Bi+3].[Bi+3].[O]=[Ru](=[O])(=[O])([O-])[O-].[O]=[Ru](=[O])(=[O])([O-])[O-].[O]=[Ru](=[O])(=[O])([O-])[O-]. The molecule has 4 radical (unpaired) electrons. The monoisotopic (exact) mass is 964 g/mol. The van der Waals surface area contributed by atoms with Crippen LogP contribution in [0, 0.1) is 0 Å². The molecule has 0 aliphatic heterocycles. The Kier molecular flexibility index (Phi) is 13.2. The Labute approximate surface area is 148 Å². The Balaban J connectivity index is -0.0000000536. The molecule has 0 spiro atoms. The first-order chi connectivity index (χ1) is 6.71. The third kappa shape index (κ3) is 2660. The van der Waals surface area contributed by atoms with Gasteiger partial charge in [-0.05, 0) is 0 Å². The van der Waals surface area contributed by atoms with Gasteiger partial charge in [0, 0.05) is 0 Å². The normalized spacial score (nSPS) is 16.8. The quantitative estimate of drug-likeness (QED) is 0.204. The van der Waals surface area contributed by atoms with Gasteiger partial charge in [-0.15, -0.1) is 0 Å². The van der Waals surface area contributed by atoms with Crippen LogP contribution in [0.2, 0.25) is 0 Å². The van der Waals surface area contributed by atoms with Gasteiger partial charge in [0.05, 0.1) is 0 Å². The molecule has 0 rings (SSSR count). The molecule has 0 atom stereocenters. The summed E-state index contributed by atoms with van der Waals surface area (Å²) in [5, 5.41) is 0. The summed E-state index contributed by atoms with van der Waals surface area (Å²) in [6.45, 7) is 0. The standard InChI is InChI=1S/2Bi.15O.3Ru/q2*+3;;;;;;;;;;6*-1;;;. The van der Waals surface area contributed by atoms with Gasteiger partial charge in [-0.1, -0.05) is 0 Å². The molecule has 0 aliphatic rings. The van der Waals surface area contributed by atoms with Crippen LogP contribution in [0.1, 0.15) is 0 Å². The van der Waals surface area contributed by atoms with Gasteiger partial charge in [0.1, 0.15) is 0 Å². The van der Waals surface area contributed by atoms with Gasteiger partial charge in [0.15, 0.2) is 0 Å². The summed E-state index contributed by atoms with van der Waals surface area (Å²) in [7, 11) is 0. The summed E-state index contributed by atoms with van der Waals surface area (Å²) in [4.78, 5) is 0. The average molecular weight is 961 g/mol. The van der Waals surface area contributed by atoms with Crippen LogP contribution in [0.5, 0.6) is 0 Å². The molecule has 124 valence electrons. The van der Waals surface area contributed by atoms with Crippen molar-refractivity contribution in [1.29, 1.82) is 0 Å². The van der Waals surface area contributed by atoms with E-state index in [2.05, 4.69) is 0 Å². The van der Waals surface area contributed by atoms with Crippen molar-refractivity contribution >= 4 is 52.4 Å². The third-order valence-electron chi connectivity index (χ3n) is 0. The average Bonchev–Trinajstić information content (AvgIpc) is 1.29. The number of rotatable bonds is 0. The molecule has 0 aromatic carbocycles. The van der Waals surface area contributed by atoms with E-state index in [1.54, 1.807) is 0 Å². The van der Waals surface area contributed by atoms with Gasteiger partial charge >= 0.3 is 151 Å². The van der Waals surface area contributed by atoms with Crippen molar-refractivity contribution in [2.45, 2.75) is 0 Å². The van der Waals surface area contributed by atoms with E-state index < -0.39 is 42.5 Å². The molecule has 0 heterocycles. The Morgan fingerprint density at radius 2 is 0.350 bits per heavy atom. The summed E-state index contributed by atoms with van der Waals surface area (Å²) < 4.78 is 130. The minimum absolute atomic E-state index is 0. The zero-order valence-corrected chi connectivity index (χ0v) is 20.2. The summed E-state index contributed by atoms with van der Waals surface area (Å²) in [6.07, 6.45) is 0. The topological polar surface area (TPSA) is 292 Å². The van der Waals surface area contributed by atoms with Gasteiger partial charge in [-0.25, -0.2) is 0 Å². The molecule has 0 fully saturated rings. The van der Waals surface area contributed by atoms with Crippen LogP contribution in [-0.4, -0.2) is 52.4 Å². The molecule has 0 saturated carbocycles. The Morgan fingerprint density at radius 3 is 0.350 bits per heavy atom. The second kappa shape index (κ2) is 7.92. The van der Waals surface area contributed by atoms with E-state index in [4.69, 9.17) is 55.8 Å². The Morgan fingerprint density at radius 1 is 0.350 bits per heavy atom. The van der Waals surface area contributed by atoms with E-state index in [0.29, 0.717) is 0 Å². The van der Waals surface area contributed by atoms with Crippen LogP contribution in [0.3, 0.4) is 0 Å². The molecule has 0 N–H and O–H groups in total. The molecule has 0 aromatic heterocycles. The summed E-state index contributed by atoms with van der Waals surface area (Å²) in [6, 6.07) is 0. The zero-order valence-electron chi connectivity index (χ0n) is 8.08. The first kappa shape index (κ1) is 33.3. The first-order valence-electron chi connectivity index (χ1n) is 2.17. The van der Waals surface area contributed by atoms with Gasteiger partial charge < -0.3 is 0 Å². The molecule has 20 heteroatoms. The van der Waals surface area contributed by atoms with E-state index in [1.807, 2.05) is 0 Å². The fraction of sp³-hybridized carbons (Fsp3) is 0. The van der Waals surface area contributed by atoms with Crippen LogP contribution in [0.15, 0.2) is 0 Å². The predicted molar refractivity (Wildman–Crippen MR) is 17.7 cm³/mol. The fourth-order valence-electron chi connectivity index (χ4n) is 0. The van der Waals surface area contributed by atoms with Crippen LogP contribution < -0.4 is 23.6 Å². The Bertz CT molecular complexity index is 689. The van der Waals surface area contributed by atoms with E-state index in [-0.39, 0.29) is 52.4 Å². The van der Waals surface area contributed by atoms with E-state index in [1.165, 1.54) is 0 Å². The van der Waals surface area contributed by atoms with Crippen LogP contribution in [-0.2, 0) is 74.7 Å². The van der Waals surface area contributed by atoms with Crippen molar-refractivity contribution in [3.05, 3.63) is 0 Å². The molecular weight excluding hydrogens is 961 g/mol. The van der Waals surface area contributed by atoms with Crippen molar-refractivity contribution < 1.29 is 98.3 Å². The minimum atomic E-state index is -7.72. The van der Waals surface area contributed by atoms with Crippen molar-refractivity contribution in [2.75, 3.05) is 0 Å². The van der Waals surface area contributed by atoms with Gasteiger partial charge in [-0.3, -0.25) is 0 Å². The molecule has 0 aliphatic carbocycles. The summed E-state index contributed by atoms with van der Waals surface area (Å²) in [5.41, 5.74) is 0. The summed E-state index contributed by atoms with van der Waals surface area (Å²) in [5.74, 6) is 0. The second-order valence-electron chi connectivity index (χ2n) is 1.77. The van der Waals surface area contributed by atoms with Gasteiger partial charge in [-0.2, -0.15) is 0 Å². The maximum absolute atomic E-state index is 8.64. The van der Waals surface area contributed by atoms with Crippen molar-refractivity contribution in [3.8, 4) is 0 Å². The van der Waals surface area contributed by atoms with Crippen LogP contribution >= 0.6 is 0 Å². The molecule has 0 amide bonds. The van der Waals surface area contributed by atoms with Gasteiger partial charge in [0.25, 0.3) is 0 Å². The van der Waals surface area contributed by atoms with E-state index in [0.717, 1.165) is 0 Å². The molecule has 20 heavy (non-hydrogen) atoms.